The zero-order valence-electron chi connectivity index (χ0n) is 8.17. The molecular formula is C9H11NO4S. The minimum atomic E-state index is -3.68. The molecule has 0 spiro atoms. The highest BCUT2D eigenvalue weighted by Gasteiger charge is 2.28. The molecule has 82 valence electrons. The lowest BCUT2D eigenvalue weighted by Gasteiger charge is -2.06. The van der Waals surface area contributed by atoms with Crippen LogP contribution in [-0.4, -0.2) is 24.3 Å². The Balaban J connectivity index is 2.72. The monoisotopic (exact) mass is 229 g/mol. The molecule has 0 amide bonds. The molecule has 1 aliphatic rings. The SMILES string of the molecule is CS(=O)(=O)c1c(O)ccn(C2CC2)c1=O. The largest absolute Gasteiger partial charge is 0.506 e. The lowest BCUT2D eigenvalue weighted by atomic mass is 10.4. The van der Waals surface area contributed by atoms with E-state index in [1.165, 1.54) is 16.8 Å². The molecule has 6 heteroatoms. The number of hydrogen-bond acceptors (Lipinski definition) is 4. The average Bonchev–Trinajstić information content (AvgIpc) is 2.84. The maximum atomic E-state index is 11.7. The van der Waals surface area contributed by atoms with Crippen molar-refractivity contribution in [3.05, 3.63) is 22.6 Å². The summed E-state index contributed by atoms with van der Waals surface area (Å²) in [5.41, 5.74) is -0.625. The summed E-state index contributed by atoms with van der Waals surface area (Å²) in [6.07, 6.45) is 4.12. The van der Waals surface area contributed by atoms with E-state index in [-0.39, 0.29) is 6.04 Å². The van der Waals surface area contributed by atoms with Crippen LogP contribution in [0.25, 0.3) is 0 Å². The van der Waals surface area contributed by atoms with Gasteiger partial charge in [0, 0.05) is 18.5 Å². The smallest absolute Gasteiger partial charge is 0.273 e. The van der Waals surface area contributed by atoms with Crippen LogP contribution in [-0.2, 0) is 9.84 Å². The van der Waals surface area contributed by atoms with Crippen molar-refractivity contribution in [1.29, 1.82) is 0 Å². The minimum Gasteiger partial charge on any atom is -0.506 e. The van der Waals surface area contributed by atoms with E-state index in [4.69, 9.17) is 0 Å². The molecule has 2 rings (SSSR count). The van der Waals surface area contributed by atoms with Crippen molar-refractivity contribution < 1.29 is 13.5 Å². The average molecular weight is 229 g/mol. The van der Waals surface area contributed by atoms with Crippen molar-refractivity contribution in [2.45, 2.75) is 23.8 Å². The molecule has 0 aliphatic heterocycles. The third kappa shape index (κ3) is 1.77. The highest BCUT2D eigenvalue weighted by atomic mass is 32.2. The van der Waals surface area contributed by atoms with E-state index in [2.05, 4.69) is 0 Å². The molecule has 1 fully saturated rings. The van der Waals surface area contributed by atoms with Gasteiger partial charge >= 0.3 is 0 Å². The first-order chi connectivity index (χ1) is 6.91. The first-order valence-electron chi connectivity index (χ1n) is 4.55. The fourth-order valence-corrected chi connectivity index (χ4v) is 2.38. The number of rotatable bonds is 2. The van der Waals surface area contributed by atoms with Crippen molar-refractivity contribution in [3.8, 4) is 5.75 Å². The van der Waals surface area contributed by atoms with Gasteiger partial charge in [0.1, 0.15) is 5.75 Å². The quantitative estimate of drug-likeness (QED) is 0.791. The normalized spacial score (nSPS) is 16.6. The van der Waals surface area contributed by atoms with E-state index in [0.29, 0.717) is 0 Å². The molecule has 5 nitrogen and oxygen atoms in total. The lowest BCUT2D eigenvalue weighted by molar-refractivity contribution is 0.451. The van der Waals surface area contributed by atoms with Crippen molar-refractivity contribution in [1.82, 2.24) is 4.57 Å². The number of sulfone groups is 1. The standard InChI is InChI=1S/C9H11NO4S/c1-15(13,14)8-7(11)4-5-10(9(8)12)6-2-3-6/h4-6,11H,2-3H2,1H3. The Bertz CT molecular complexity index is 554. The van der Waals surface area contributed by atoms with Gasteiger partial charge < -0.3 is 9.67 Å². The first-order valence-corrected chi connectivity index (χ1v) is 6.44. The van der Waals surface area contributed by atoms with Crippen LogP contribution in [0.1, 0.15) is 18.9 Å². The molecule has 15 heavy (non-hydrogen) atoms. The van der Waals surface area contributed by atoms with Crippen LogP contribution in [0.15, 0.2) is 22.0 Å². The predicted molar refractivity (Wildman–Crippen MR) is 53.7 cm³/mol. The number of hydrogen-bond donors (Lipinski definition) is 1. The third-order valence-corrected chi connectivity index (χ3v) is 3.49. The van der Waals surface area contributed by atoms with Gasteiger partial charge in [-0.05, 0) is 18.9 Å². The minimum absolute atomic E-state index is 0.0959. The number of aromatic hydroxyl groups is 1. The van der Waals surface area contributed by atoms with Gasteiger partial charge in [0.25, 0.3) is 5.56 Å². The zero-order chi connectivity index (χ0) is 11.2. The number of aromatic nitrogens is 1. The molecule has 0 atom stereocenters. The van der Waals surface area contributed by atoms with Gasteiger partial charge in [0.2, 0.25) is 0 Å². The molecule has 1 aromatic heterocycles. The fourth-order valence-electron chi connectivity index (χ4n) is 1.51. The maximum absolute atomic E-state index is 11.7. The summed E-state index contributed by atoms with van der Waals surface area (Å²) in [5.74, 6) is -0.473. The summed E-state index contributed by atoms with van der Waals surface area (Å²) >= 11 is 0. The molecule has 0 aromatic carbocycles. The summed E-state index contributed by atoms with van der Waals surface area (Å²) in [6, 6.07) is 1.34. The molecule has 1 heterocycles. The van der Waals surface area contributed by atoms with E-state index in [1.807, 2.05) is 0 Å². The van der Waals surface area contributed by atoms with E-state index >= 15 is 0 Å². The summed E-state index contributed by atoms with van der Waals surface area (Å²) < 4.78 is 24.0. The Labute approximate surface area is 86.9 Å². The molecule has 0 bridgehead atoms. The van der Waals surface area contributed by atoms with Gasteiger partial charge in [0.15, 0.2) is 14.7 Å². The van der Waals surface area contributed by atoms with Gasteiger partial charge in [0.05, 0.1) is 0 Å². The Morgan fingerprint density at radius 2 is 2.07 bits per heavy atom. The first kappa shape index (κ1) is 10.2. The van der Waals surface area contributed by atoms with Gasteiger partial charge in [-0.25, -0.2) is 8.42 Å². The topological polar surface area (TPSA) is 76.4 Å². The molecule has 0 radical (unpaired) electrons. The number of pyridine rings is 1. The molecule has 1 aromatic rings. The van der Waals surface area contributed by atoms with Crippen molar-refractivity contribution in [2.24, 2.45) is 0 Å². The van der Waals surface area contributed by atoms with Crippen LogP contribution in [0.2, 0.25) is 0 Å². The van der Waals surface area contributed by atoms with E-state index in [9.17, 15) is 18.3 Å². The van der Waals surface area contributed by atoms with Crippen molar-refractivity contribution in [2.75, 3.05) is 6.26 Å². The summed E-state index contributed by atoms with van der Waals surface area (Å²) in [4.78, 5) is 11.2. The van der Waals surface area contributed by atoms with Gasteiger partial charge in [-0.2, -0.15) is 0 Å². The van der Waals surface area contributed by atoms with E-state index in [1.54, 1.807) is 0 Å². The molecule has 0 unspecified atom stereocenters. The second-order valence-corrected chi connectivity index (χ2v) is 5.70. The molecular weight excluding hydrogens is 218 g/mol. The van der Waals surface area contributed by atoms with Crippen LogP contribution in [0.5, 0.6) is 5.75 Å². The van der Waals surface area contributed by atoms with Crippen LogP contribution in [0.4, 0.5) is 0 Å². The predicted octanol–water partition coefficient (Wildman–Crippen LogP) is 0.292. The summed E-state index contributed by atoms with van der Waals surface area (Å²) in [5, 5.41) is 9.36. The molecule has 1 saturated carbocycles. The Kier molecular flexibility index (Phi) is 2.11. The van der Waals surface area contributed by atoms with Gasteiger partial charge in [-0.1, -0.05) is 0 Å². The van der Waals surface area contributed by atoms with Crippen LogP contribution in [0.3, 0.4) is 0 Å². The van der Waals surface area contributed by atoms with Gasteiger partial charge in [-0.15, -0.1) is 0 Å². The van der Waals surface area contributed by atoms with Crippen LogP contribution in [0, 0.1) is 0 Å². The Hall–Kier alpha value is -1.30. The zero-order valence-corrected chi connectivity index (χ0v) is 8.99. The van der Waals surface area contributed by atoms with Crippen molar-refractivity contribution in [3.63, 3.8) is 0 Å². The summed E-state index contributed by atoms with van der Waals surface area (Å²) in [7, 11) is -3.68. The van der Waals surface area contributed by atoms with E-state index < -0.39 is 26.0 Å². The van der Waals surface area contributed by atoms with Gasteiger partial charge in [-0.3, -0.25) is 4.79 Å². The highest BCUT2D eigenvalue weighted by molar-refractivity contribution is 7.90. The van der Waals surface area contributed by atoms with E-state index in [0.717, 1.165) is 19.1 Å². The third-order valence-electron chi connectivity index (χ3n) is 2.37. The Morgan fingerprint density at radius 3 is 2.53 bits per heavy atom. The lowest BCUT2D eigenvalue weighted by Crippen LogP contribution is -2.24. The van der Waals surface area contributed by atoms with Crippen LogP contribution >= 0.6 is 0 Å². The maximum Gasteiger partial charge on any atom is 0.273 e. The Morgan fingerprint density at radius 1 is 1.47 bits per heavy atom. The summed E-state index contributed by atoms with van der Waals surface area (Å²) in [6.45, 7) is 0. The molecule has 1 N–H and O–H groups in total. The second-order valence-electron chi connectivity index (χ2n) is 3.75. The second kappa shape index (κ2) is 3.10. The molecule has 1 aliphatic carbocycles. The fraction of sp³-hybridized carbons (Fsp3) is 0.444. The highest BCUT2D eigenvalue weighted by Crippen LogP contribution is 2.34. The molecule has 0 saturated heterocycles. The number of nitrogens with zero attached hydrogens (tertiary/aromatic N) is 1. The van der Waals surface area contributed by atoms with Crippen LogP contribution < -0.4 is 5.56 Å². The van der Waals surface area contributed by atoms with Crippen molar-refractivity contribution >= 4 is 9.84 Å².